The van der Waals surface area contributed by atoms with Crippen LogP contribution < -0.4 is 15.2 Å². The van der Waals surface area contributed by atoms with E-state index >= 15 is 0 Å². The summed E-state index contributed by atoms with van der Waals surface area (Å²) in [6, 6.07) is 6.18. The van der Waals surface area contributed by atoms with Crippen molar-refractivity contribution in [1.29, 1.82) is 0 Å². The van der Waals surface area contributed by atoms with Crippen molar-refractivity contribution < 1.29 is 22.3 Å². The van der Waals surface area contributed by atoms with Gasteiger partial charge in [0.05, 0.1) is 24.1 Å². The van der Waals surface area contributed by atoms with Crippen LogP contribution in [0, 0.1) is 0 Å². The van der Waals surface area contributed by atoms with E-state index in [1.54, 1.807) is 6.07 Å². The number of oxazole rings is 1. The van der Waals surface area contributed by atoms with E-state index in [0.29, 0.717) is 36.4 Å². The lowest BCUT2D eigenvalue weighted by molar-refractivity contribution is 0.123. The monoisotopic (exact) mass is 420 g/mol. The summed E-state index contributed by atoms with van der Waals surface area (Å²) in [5.41, 5.74) is 0.767. The van der Waals surface area contributed by atoms with E-state index < -0.39 is 15.8 Å². The zero-order valence-electron chi connectivity index (χ0n) is 15.9. The van der Waals surface area contributed by atoms with Crippen LogP contribution in [0.5, 0.6) is 11.9 Å². The average molecular weight is 420 g/mol. The summed E-state index contributed by atoms with van der Waals surface area (Å²) in [6.07, 6.45) is 2.52. The minimum absolute atomic E-state index is 0.103. The number of aryl methyl sites for hydroxylation is 1. The van der Waals surface area contributed by atoms with Crippen molar-refractivity contribution in [3.8, 4) is 11.9 Å². The molecule has 1 fully saturated rings. The second kappa shape index (κ2) is 7.48. The number of methoxy groups -OCH3 is 1. The first kappa shape index (κ1) is 19.4. The van der Waals surface area contributed by atoms with E-state index in [9.17, 15) is 13.2 Å². The van der Waals surface area contributed by atoms with E-state index in [2.05, 4.69) is 9.97 Å². The van der Waals surface area contributed by atoms with Crippen molar-refractivity contribution >= 4 is 21.1 Å². The van der Waals surface area contributed by atoms with Crippen LogP contribution >= 0.6 is 0 Å². The summed E-state index contributed by atoms with van der Waals surface area (Å²) in [7, 11) is -0.768. The third-order valence-corrected chi connectivity index (χ3v) is 6.68. The predicted octanol–water partition coefficient (Wildman–Crippen LogP) is 1.16. The van der Waals surface area contributed by atoms with Gasteiger partial charge < -0.3 is 13.9 Å². The molecule has 0 aliphatic carbocycles. The van der Waals surface area contributed by atoms with E-state index in [-0.39, 0.29) is 23.6 Å². The van der Waals surface area contributed by atoms with Gasteiger partial charge in [-0.15, -0.1) is 0 Å². The molecule has 1 saturated heterocycles. The molecule has 0 radical (unpaired) electrons. The van der Waals surface area contributed by atoms with Crippen molar-refractivity contribution in [2.75, 3.05) is 20.2 Å². The lowest BCUT2D eigenvalue weighted by Gasteiger charge is -2.31. The van der Waals surface area contributed by atoms with E-state index in [1.807, 2.05) is 0 Å². The highest BCUT2D eigenvalue weighted by Crippen LogP contribution is 2.25. The Morgan fingerprint density at radius 1 is 1.28 bits per heavy atom. The van der Waals surface area contributed by atoms with Crippen molar-refractivity contribution in [1.82, 2.24) is 18.8 Å². The zero-order chi connectivity index (χ0) is 20.6. The normalized spacial score (nSPS) is 18.1. The molecular formula is C18H20N4O6S. The summed E-state index contributed by atoms with van der Waals surface area (Å²) in [5, 5.41) is 0. The summed E-state index contributed by atoms with van der Waals surface area (Å²) in [4.78, 5) is 19.8. The molecule has 0 bridgehead atoms. The number of fused-ring (bicyclic) bond motifs is 1. The van der Waals surface area contributed by atoms with Gasteiger partial charge in [0.1, 0.15) is 6.10 Å². The number of rotatable bonds is 5. The van der Waals surface area contributed by atoms with Gasteiger partial charge in [0, 0.05) is 25.9 Å². The third kappa shape index (κ3) is 3.70. The van der Waals surface area contributed by atoms with Crippen LogP contribution in [0.4, 0.5) is 0 Å². The molecule has 1 aliphatic heterocycles. The molecule has 0 spiro atoms. The van der Waals surface area contributed by atoms with Crippen LogP contribution in [-0.2, 0) is 17.1 Å². The molecule has 154 valence electrons. The topological polar surface area (TPSA) is 117 Å². The van der Waals surface area contributed by atoms with Crippen LogP contribution in [-0.4, -0.2) is 53.6 Å². The standard InChI is InChI=1S/C18H20N4O6S/c1-21-14-10-13(5-6-15(14)28-18(21)23)29(24,25)22-9-3-4-12(11-22)27-16-7-8-19-17(20-16)26-2/h5-8,10,12H,3-4,9,11H2,1-2H3. The highest BCUT2D eigenvalue weighted by molar-refractivity contribution is 7.89. The fourth-order valence-electron chi connectivity index (χ4n) is 3.30. The van der Waals surface area contributed by atoms with Crippen LogP contribution in [0.2, 0.25) is 0 Å². The number of piperidine rings is 1. The van der Waals surface area contributed by atoms with Gasteiger partial charge >= 0.3 is 11.8 Å². The predicted molar refractivity (Wildman–Crippen MR) is 102 cm³/mol. The van der Waals surface area contributed by atoms with Gasteiger partial charge in [-0.2, -0.15) is 9.29 Å². The van der Waals surface area contributed by atoms with Crippen molar-refractivity contribution in [3.05, 3.63) is 41.0 Å². The van der Waals surface area contributed by atoms with Crippen LogP contribution in [0.1, 0.15) is 12.8 Å². The summed E-state index contributed by atoms with van der Waals surface area (Å²) >= 11 is 0. The molecular weight excluding hydrogens is 400 g/mol. The number of aromatic nitrogens is 3. The molecule has 0 amide bonds. The zero-order valence-corrected chi connectivity index (χ0v) is 16.8. The Hall–Kier alpha value is -2.92. The maximum atomic E-state index is 13.2. The molecule has 1 atom stereocenters. The van der Waals surface area contributed by atoms with Crippen LogP contribution in [0.15, 0.2) is 44.6 Å². The van der Waals surface area contributed by atoms with Gasteiger partial charge in [-0.3, -0.25) is 4.57 Å². The largest absolute Gasteiger partial charge is 0.473 e. The molecule has 0 N–H and O–H groups in total. The molecule has 29 heavy (non-hydrogen) atoms. The SMILES string of the molecule is COc1nccc(OC2CCCN(S(=O)(=O)c3ccc4oc(=O)n(C)c4c3)C2)n1. The molecule has 1 aliphatic rings. The second-order valence-electron chi connectivity index (χ2n) is 6.68. The highest BCUT2D eigenvalue weighted by Gasteiger charge is 2.32. The molecule has 1 aromatic carbocycles. The first-order valence-electron chi connectivity index (χ1n) is 9.02. The van der Waals surface area contributed by atoms with Gasteiger partial charge in [0.15, 0.2) is 5.58 Å². The third-order valence-electron chi connectivity index (χ3n) is 4.82. The molecule has 10 nitrogen and oxygen atoms in total. The number of hydrogen-bond acceptors (Lipinski definition) is 8. The molecule has 2 aromatic heterocycles. The first-order chi connectivity index (χ1) is 13.9. The quantitative estimate of drug-likeness (QED) is 0.604. The minimum atomic E-state index is -3.76. The maximum absolute atomic E-state index is 13.2. The first-order valence-corrected chi connectivity index (χ1v) is 10.5. The summed E-state index contributed by atoms with van der Waals surface area (Å²) in [6.45, 7) is 0.578. The molecule has 3 heterocycles. The van der Waals surface area contributed by atoms with Crippen molar-refractivity contribution in [2.45, 2.75) is 23.8 Å². The lowest BCUT2D eigenvalue weighted by Crippen LogP contribution is -2.44. The van der Waals surface area contributed by atoms with Gasteiger partial charge in [-0.25, -0.2) is 18.2 Å². The number of nitrogens with zero attached hydrogens (tertiary/aromatic N) is 4. The van der Waals surface area contributed by atoms with Crippen molar-refractivity contribution in [2.24, 2.45) is 7.05 Å². The molecule has 11 heteroatoms. The Morgan fingerprint density at radius 2 is 2.10 bits per heavy atom. The number of ether oxygens (including phenoxy) is 2. The van der Waals surface area contributed by atoms with Gasteiger partial charge in [-0.05, 0) is 31.0 Å². The fraction of sp³-hybridized carbons (Fsp3) is 0.389. The van der Waals surface area contributed by atoms with Crippen LogP contribution in [0.3, 0.4) is 0 Å². The Morgan fingerprint density at radius 3 is 2.90 bits per heavy atom. The molecule has 0 saturated carbocycles. The van der Waals surface area contributed by atoms with Crippen LogP contribution in [0.25, 0.3) is 11.1 Å². The Kier molecular flexibility index (Phi) is 5.01. The fourth-order valence-corrected chi connectivity index (χ4v) is 4.83. The molecule has 3 aromatic rings. The van der Waals surface area contributed by atoms with Crippen molar-refractivity contribution in [3.63, 3.8) is 0 Å². The smallest absolute Gasteiger partial charge is 0.419 e. The average Bonchev–Trinajstić information content (AvgIpc) is 3.01. The van der Waals surface area contributed by atoms with E-state index in [4.69, 9.17) is 13.9 Å². The second-order valence-corrected chi connectivity index (χ2v) is 8.62. The Bertz CT molecular complexity index is 1200. The lowest BCUT2D eigenvalue weighted by atomic mass is 10.1. The Balaban J connectivity index is 1.56. The van der Waals surface area contributed by atoms with E-state index in [0.717, 1.165) is 0 Å². The van der Waals surface area contributed by atoms with E-state index in [1.165, 1.54) is 47.4 Å². The maximum Gasteiger partial charge on any atom is 0.419 e. The highest BCUT2D eigenvalue weighted by atomic mass is 32.2. The minimum Gasteiger partial charge on any atom is -0.473 e. The Labute approximate surface area is 166 Å². The van der Waals surface area contributed by atoms with Gasteiger partial charge in [-0.1, -0.05) is 0 Å². The number of hydrogen-bond donors (Lipinski definition) is 0. The number of benzene rings is 1. The van der Waals surface area contributed by atoms with Gasteiger partial charge in [0.2, 0.25) is 15.9 Å². The number of sulfonamides is 1. The molecule has 1 unspecified atom stereocenters. The summed E-state index contributed by atoms with van der Waals surface area (Å²) < 4.78 is 44.9. The van der Waals surface area contributed by atoms with Gasteiger partial charge in [0.25, 0.3) is 0 Å². The summed E-state index contributed by atoms with van der Waals surface area (Å²) in [5.74, 6) is -0.211. The molecule has 4 rings (SSSR count).